The summed E-state index contributed by atoms with van der Waals surface area (Å²) >= 11 is 0. The zero-order chi connectivity index (χ0) is 10.2. The van der Waals surface area contributed by atoms with Gasteiger partial charge in [-0.1, -0.05) is 13.8 Å². The maximum atomic E-state index is 5.97. The fourth-order valence-electron chi connectivity index (χ4n) is 3.11. The topological polar surface area (TPSA) is 38.5 Å². The third-order valence-electron chi connectivity index (χ3n) is 4.37. The number of hydrogen-bond acceptors (Lipinski definition) is 3. The highest BCUT2D eigenvalue weighted by atomic mass is 16.5. The zero-order valence-corrected chi connectivity index (χ0v) is 9.33. The summed E-state index contributed by atoms with van der Waals surface area (Å²) < 4.78 is 5.39. The fraction of sp³-hybridized carbons (Fsp3) is 1.00. The van der Waals surface area contributed by atoms with E-state index < -0.39 is 0 Å². The number of morpholine rings is 1. The van der Waals surface area contributed by atoms with Crippen molar-refractivity contribution < 1.29 is 4.74 Å². The average molecular weight is 198 g/mol. The van der Waals surface area contributed by atoms with E-state index in [1.807, 2.05) is 0 Å². The van der Waals surface area contributed by atoms with Crippen LogP contribution in [-0.4, -0.2) is 43.3 Å². The van der Waals surface area contributed by atoms with E-state index in [1.54, 1.807) is 0 Å². The van der Waals surface area contributed by atoms with Crippen LogP contribution < -0.4 is 5.73 Å². The van der Waals surface area contributed by atoms with Crippen molar-refractivity contribution in [1.29, 1.82) is 0 Å². The van der Waals surface area contributed by atoms with Crippen LogP contribution >= 0.6 is 0 Å². The fourth-order valence-corrected chi connectivity index (χ4v) is 3.11. The van der Waals surface area contributed by atoms with Crippen molar-refractivity contribution in [3.05, 3.63) is 0 Å². The van der Waals surface area contributed by atoms with Gasteiger partial charge in [-0.25, -0.2) is 0 Å². The summed E-state index contributed by atoms with van der Waals surface area (Å²) in [5, 5.41) is 0. The maximum absolute atomic E-state index is 5.97. The van der Waals surface area contributed by atoms with Crippen molar-refractivity contribution in [3.8, 4) is 0 Å². The molecule has 1 heterocycles. The molecule has 3 heteroatoms. The second-order valence-electron chi connectivity index (χ2n) is 4.88. The van der Waals surface area contributed by atoms with Crippen molar-refractivity contribution >= 4 is 0 Å². The molecule has 1 saturated carbocycles. The minimum absolute atomic E-state index is 0.295. The minimum Gasteiger partial charge on any atom is -0.379 e. The first-order valence-electron chi connectivity index (χ1n) is 5.73. The lowest BCUT2D eigenvalue weighted by Crippen LogP contribution is -2.68. The van der Waals surface area contributed by atoms with E-state index in [-0.39, 0.29) is 0 Å². The molecule has 1 saturated heterocycles. The molecule has 2 N–H and O–H groups in total. The summed E-state index contributed by atoms with van der Waals surface area (Å²) in [5.74, 6) is 1.58. The van der Waals surface area contributed by atoms with Crippen molar-refractivity contribution in [3.63, 3.8) is 0 Å². The van der Waals surface area contributed by atoms with E-state index in [1.165, 1.54) is 6.42 Å². The Bertz CT molecular complexity index is 203. The standard InChI is InChI=1S/C11H22N2O/c1-9-7-11(8-12,10(9)2)13-3-5-14-6-4-13/h9-10H,3-8,12H2,1-2H3. The Kier molecular flexibility index (Phi) is 2.82. The lowest BCUT2D eigenvalue weighted by atomic mass is 9.59. The molecule has 2 rings (SSSR count). The van der Waals surface area contributed by atoms with Crippen LogP contribution in [0.1, 0.15) is 20.3 Å². The molecule has 14 heavy (non-hydrogen) atoms. The van der Waals surface area contributed by atoms with Gasteiger partial charge < -0.3 is 10.5 Å². The molecule has 0 amide bonds. The Labute approximate surface area is 86.6 Å². The molecule has 0 aromatic heterocycles. The van der Waals surface area contributed by atoms with Gasteiger partial charge in [-0.2, -0.15) is 0 Å². The van der Waals surface area contributed by atoms with E-state index in [4.69, 9.17) is 10.5 Å². The summed E-state index contributed by atoms with van der Waals surface area (Å²) in [6, 6.07) is 0. The number of nitrogens with zero attached hydrogens (tertiary/aromatic N) is 1. The first-order chi connectivity index (χ1) is 6.70. The maximum Gasteiger partial charge on any atom is 0.0594 e. The number of nitrogens with two attached hydrogens (primary N) is 1. The molecule has 0 bridgehead atoms. The molecule has 82 valence electrons. The van der Waals surface area contributed by atoms with Gasteiger partial charge in [0.15, 0.2) is 0 Å². The summed E-state index contributed by atoms with van der Waals surface area (Å²) in [6.45, 7) is 9.36. The van der Waals surface area contributed by atoms with E-state index in [9.17, 15) is 0 Å². The Morgan fingerprint density at radius 2 is 2.00 bits per heavy atom. The molecular formula is C11H22N2O. The van der Waals surface area contributed by atoms with Crippen LogP contribution in [0.4, 0.5) is 0 Å². The first-order valence-corrected chi connectivity index (χ1v) is 5.73. The highest BCUT2D eigenvalue weighted by Gasteiger charge is 2.51. The molecule has 0 spiro atoms. The van der Waals surface area contributed by atoms with Gasteiger partial charge in [-0.15, -0.1) is 0 Å². The van der Waals surface area contributed by atoms with Gasteiger partial charge in [0.05, 0.1) is 13.2 Å². The smallest absolute Gasteiger partial charge is 0.0594 e. The van der Waals surface area contributed by atoms with Crippen LogP contribution in [0.5, 0.6) is 0 Å². The molecule has 2 aliphatic rings. The third-order valence-corrected chi connectivity index (χ3v) is 4.37. The molecule has 0 aromatic carbocycles. The molecular weight excluding hydrogens is 176 g/mol. The van der Waals surface area contributed by atoms with E-state index in [0.29, 0.717) is 5.54 Å². The van der Waals surface area contributed by atoms with E-state index >= 15 is 0 Å². The van der Waals surface area contributed by atoms with Crippen molar-refractivity contribution in [1.82, 2.24) is 4.90 Å². The second-order valence-corrected chi connectivity index (χ2v) is 4.88. The quantitative estimate of drug-likeness (QED) is 0.709. The van der Waals surface area contributed by atoms with Crippen LogP contribution in [0.25, 0.3) is 0 Å². The number of rotatable bonds is 2. The SMILES string of the molecule is CC1CC(CN)(N2CCOCC2)C1C. The Balaban J connectivity index is 2.04. The molecule has 1 aliphatic carbocycles. The van der Waals surface area contributed by atoms with Gasteiger partial charge in [-0.05, 0) is 18.3 Å². The molecule has 0 aromatic rings. The Morgan fingerprint density at radius 3 is 2.43 bits per heavy atom. The van der Waals surface area contributed by atoms with Crippen LogP contribution in [0.2, 0.25) is 0 Å². The van der Waals surface area contributed by atoms with Gasteiger partial charge in [0.25, 0.3) is 0 Å². The summed E-state index contributed by atoms with van der Waals surface area (Å²) in [4.78, 5) is 2.56. The highest BCUT2D eigenvalue weighted by Crippen LogP contribution is 2.47. The number of ether oxygens (including phenoxy) is 1. The molecule has 3 unspecified atom stereocenters. The first kappa shape index (κ1) is 10.4. The summed E-state index contributed by atoms with van der Waals surface area (Å²) in [6.07, 6.45) is 1.27. The van der Waals surface area contributed by atoms with Gasteiger partial charge in [0.2, 0.25) is 0 Å². The predicted octanol–water partition coefficient (Wildman–Crippen LogP) is 0.692. The van der Waals surface area contributed by atoms with Crippen LogP contribution in [0.15, 0.2) is 0 Å². The van der Waals surface area contributed by atoms with Gasteiger partial charge in [0.1, 0.15) is 0 Å². The predicted molar refractivity (Wildman–Crippen MR) is 57.1 cm³/mol. The van der Waals surface area contributed by atoms with Crippen LogP contribution in [-0.2, 0) is 4.74 Å². The zero-order valence-electron chi connectivity index (χ0n) is 9.33. The molecule has 3 atom stereocenters. The minimum atomic E-state index is 0.295. The Morgan fingerprint density at radius 1 is 1.36 bits per heavy atom. The van der Waals surface area contributed by atoms with Crippen molar-refractivity contribution in [2.24, 2.45) is 17.6 Å². The second kappa shape index (κ2) is 3.80. The highest BCUT2D eigenvalue weighted by molar-refractivity contribution is 5.07. The van der Waals surface area contributed by atoms with Gasteiger partial charge in [0, 0.05) is 25.2 Å². The molecule has 0 radical (unpaired) electrons. The van der Waals surface area contributed by atoms with Gasteiger partial charge in [-0.3, -0.25) is 4.90 Å². The largest absolute Gasteiger partial charge is 0.379 e. The van der Waals surface area contributed by atoms with Crippen LogP contribution in [0, 0.1) is 11.8 Å². The normalized spacial score (nSPS) is 44.8. The summed E-state index contributed by atoms with van der Waals surface area (Å²) in [5.41, 5.74) is 6.26. The number of hydrogen-bond donors (Lipinski definition) is 1. The van der Waals surface area contributed by atoms with E-state index in [0.717, 1.165) is 44.7 Å². The van der Waals surface area contributed by atoms with Crippen molar-refractivity contribution in [2.75, 3.05) is 32.8 Å². The molecule has 1 aliphatic heterocycles. The summed E-state index contributed by atoms with van der Waals surface area (Å²) in [7, 11) is 0. The lowest BCUT2D eigenvalue weighted by Gasteiger charge is -2.59. The van der Waals surface area contributed by atoms with Crippen molar-refractivity contribution in [2.45, 2.75) is 25.8 Å². The molecule has 3 nitrogen and oxygen atoms in total. The Hall–Kier alpha value is -0.120. The van der Waals surface area contributed by atoms with Gasteiger partial charge >= 0.3 is 0 Å². The lowest BCUT2D eigenvalue weighted by molar-refractivity contribution is -0.109. The monoisotopic (exact) mass is 198 g/mol. The average Bonchev–Trinajstić information content (AvgIpc) is 2.26. The van der Waals surface area contributed by atoms with Crippen LogP contribution in [0.3, 0.4) is 0 Å². The van der Waals surface area contributed by atoms with E-state index in [2.05, 4.69) is 18.7 Å². The third kappa shape index (κ3) is 1.38. The molecule has 2 fully saturated rings.